The van der Waals surface area contributed by atoms with Gasteiger partial charge in [0.15, 0.2) is 0 Å². The fourth-order valence-electron chi connectivity index (χ4n) is 4.11. The van der Waals surface area contributed by atoms with Crippen molar-refractivity contribution in [3.63, 3.8) is 0 Å². The zero-order valence-electron chi connectivity index (χ0n) is 18.7. The number of aliphatic imine (C=N–C) groups is 1. The van der Waals surface area contributed by atoms with Crippen molar-refractivity contribution in [3.8, 4) is 22.9 Å². The molecule has 6 rings (SSSR count). The van der Waals surface area contributed by atoms with E-state index in [1.54, 1.807) is 18.7 Å². The highest BCUT2D eigenvalue weighted by atomic mass is 35.5. The molecule has 3 aromatic heterocycles. The molecule has 0 amide bonds. The molecule has 170 valence electrons. The third-order valence-electron chi connectivity index (χ3n) is 5.83. The first-order valence-corrected chi connectivity index (χ1v) is 11.5. The largest absolute Gasteiger partial charge is 0.437 e. The molecule has 4 heterocycles. The first kappa shape index (κ1) is 21.2. The number of nitrogens with one attached hydrogen (secondary N) is 1. The van der Waals surface area contributed by atoms with Crippen LogP contribution >= 0.6 is 11.6 Å². The topological polar surface area (TPSA) is 85.2 Å². The summed E-state index contributed by atoms with van der Waals surface area (Å²) in [5.74, 6) is 1.88. The van der Waals surface area contributed by atoms with Crippen molar-refractivity contribution in [2.24, 2.45) is 4.99 Å². The first-order chi connectivity index (χ1) is 17.2. The van der Waals surface area contributed by atoms with E-state index in [-0.39, 0.29) is 0 Å². The predicted octanol–water partition coefficient (Wildman–Crippen LogP) is 6.84. The lowest BCUT2D eigenvalue weighted by atomic mass is 10.1. The van der Waals surface area contributed by atoms with E-state index in [2.05, 4.69) is 30.2 Å². The number of rotatable bonds is 5. The van der Waals surface area contributed by atoms with E-state index >= 15 is 0 Å². The van der Waals surface area contributed by atoms with Gasteiger partial charge in [-0.3, -0.25) is 4.99 Å². The van der Waals surface area contributed by atoms with E-state index in [0.717, 1.165) is 44.8 Å². The van der Waals surface area contributed by atoms with E-state index in [1.807, 2.05) is 67.7 Å². The van der Waals surface area contributed by atoms with E-state index in [4.69, 9.17) is 16.3 Å². The predicted molar refractivity (Wildman–Crippen MR) is 138 cm³/mol. The van der Waals surface area contributed by atoms with Crippen LogP contribution < -0.4 is 10.1 Å². The van der Waals surface area contributed by atoms with Gasteiger partial charge in [-0.2, -0.15) is 0 Å². The quantitative estimate of drug-likeness (QED) is 0.297. The SMILES string of the molecule is Cc1ccc2c(Nc3ccc(Cl)cc3)nccc2c1Oc1ncccc1-c1ncnc2c1N=CC2. The molecule has 1 aliphatic rings. The summed E-state index contributed by atoms with van der Waals surface area (Å²) in [7, 11) is 0. The summed E-state index contributed by atoms with van der Waals surface area (Å²) >= 11 is 6.03. The van der Waals surface area contributed by atoms with Crippen LogP contribution in [0.3, 0.4) is 0 Å². The Morgan fingerprint density at radius 3 is 2.66 bits per heavy atom. The van der Waals surface area contributed by atoms with Gasteiger partial charge < -0.3 is 10.1 Å². The van der Waals surface area contributed by atoms with Gasteiger partial charge in [0, 0.05) is 46.5 Å². The average Bonchev–Trinajstić information content (AvgIpc) is 3.37. The van der Waals surface area contributed by atoms with Crippen molar-refractivity contribution in [1.29, 1.82) is 0 Å². The molecule has 0 saturated heterocycles. The maximum atomic E-state index is 6.49. The minimum Gasteiger partial charge on any atom is -0.437 e. The molecule has 0 bridgehead atoms. The van der Waals surface area contributed by atoms with Crippen LogP contribution in [0.1, 0.15) is 11.3 Å². The van der Waals surface area contributed by atoms with Gasteiger partial charge in [0.05, 0.1) is 11.3 Å². The molecule has 1 aliphatic heterocycles. The van der Waals surface area contributed by atoms with Crippen LogP contribution in [0, 0.1) is 6.92 Å². The van der Waals surface area contributed by atoms with Crippen molar-refractivity contribution >= 4 is 45.8 Å². The molecule has 0 unspecified atom stereocenters. The summed E-state index contributed by atoms with van der Waals surface area (Å²) in [6, 6.07) is 17.3. The monoisotopic (exact) mass is 478 g/mol. The number of hydrogen-bond donors (Lipinski definition) is 1. The molecule has 1 N–H and O–H groups in total. The van der Waals surface area contributed by atoms with Crippen molar-refractivity contribution in [2.45, 2.75) is 13.3 Å². The molecule has 0 fully saturated rings. The van der Waals surface area contributed by atoms with E-state index in [9.17, 15) is 0 Å². The van der Waals surface area contributed by atoms with Gasteiger partial charge in [0.2, 0.25) is 5.88 Å². The fraction of sp³-hybridized carbons (Fsp3) is 0.0741. The summed E-state index contributed by atoms with van der Waals surface area (Å²) in [6.07, 6.45) is 7.57. The Bertz CT molecular complexity index is 1600. The molecule has 7 nitrogen and oxygen atoms in total. The Kier molecular flexibility index (Phi) is 5.31. The second kappa shape index (κ2) is 8.77. The maximum Gasteiger partial charge on any atom is 0.228 e. The number of benzene rings is 2. The van der Waals surface area contributed by atoms with Crippen LogP contribution in [-0.2, 0) is 6.42 Å². The summed E-state index contributed by atoms with van der Waals surface area (Å²) in [6.45, 7) is 2.01. The number of halogens is 1. The lowest BCUT2D eigenvalue weighted by Gasteiger charge is -2.16. The van der Waals surface area contributed by atoms with Crippen LogP contribution in [0.15, 0.2) is 78.3 Å². The number of pyridine rings is 2. The van der Waals surface area contributed by atoms with Crippen LogP contribution in [0.2, 0.25) is 5.02 Å². The Morgan fingerprint density at radius 2 is 1.77 bits per heavy atom. The maximum absolute atomic E-state index is 6.49. The van der Waals surface area contributed by atoms with Crippen molar-refractivity contribution in [1.82, 2.24) is 19.9 Å². The number of hydrogen-bond acceptors (Lipinski definition) is 7. The Hall–Kier alpha value is -4.36. The highest BCUT2D eigenvalue weighted by Gasteiger charge is 2.20. The molecule has 0 radical (unpaired) electrons. The smallest absolute Gasteiger partial charge is 0.228 e. The van der Waals surface area contributed by atoms with Crippen molar-refractivity contribution in [2.75, 3.05) is 5.32 Å². The third kappa shape index (κ3) is 3.96. The lowest BCUT2D eigenvalue weighted by Crippen LogP contribution is -1.99. The second-order valence-electron chi connectivity index (χ2n) is 8.09. The molecule has 0 atom stereocenters. The van der Waals surface area contributed by atoms with Gasteiger partial charge in [-0.15, -0.1) is 0 Å². The first-order valence-electron chi connectivity index (χ1n) is 11.1. The van der Waals surface area contributed by atoms with Gasteiger partial charge in [-0.1, -0.05) is 23.7 Å². The number of ether oxygens (including phenoxy) is 1. The Labute approximate surface area is 206 Å². The van der Waals surface area contributed by atoms with Gasteiger partial charge >= 0.3 is 0 Å². The normalized spacial score (nSPS) is 12.1. The standard InChI is InChI=1S/C27H19ClN6O/c1-16-4-9-20-19(10-13-30-26(20)34-18-7-5-17(28)6-8-18)25(16)35-27-21(3-2-12-31-27)23-24-22(11-14-29-24)32-15-33-23/h2-10,12-15H,11H2,1H3,(H,30,34). The molecule has 0 saturated carbocycles. The van der Waals surface area contributed by atoms with Crippen LogP contribution in [-0.4, -0.2) is 26.2 Å². The van der Waals surface area contributed by atoms with Gasteiger partial charge in [0.1, 0.15) is 29.3 Å². The van der Waals surface area contributed by atoms with Crippen LogP contribution in [0.25, 0.3) is 22.0 Å². The van der Waals surface area contributed by atoms with Crippen LogP contribution in [0.4, 0.5) is 17.2 Å². The van der Waals surface area contributed by atoms with E-state index in [0.29, 0.717) is 28.8 Å². The fourth-order valence-corrected chi connectivity index (χ4v) is 4.24. The molecule has 5 aromatic rings. The zero-order chi connectivity index (χ0) is 23.8. The minimum absolute atomic E-state index is 0.454. The van der Waals surface area contributed by atoms with E-state index < -0.39 is 0 Å². The molecular formula is C27H19ClN6O. The van der Waals surface area contributed by atoms with Gasteiger partial charge in [-0.25, -0.2) is 19.9 Å². The second-order valence-corrected chi connectivity index (χ2v) is 8.53. The average molecular weight is 479 g/mol. The molecule has 35 heavy (non-hydrogen) atoms. The summed E-state index contributed by atoms with van der Waals surface area (Å²) in [5.41, 5.74) is 4.99. The lowest BCUT2D eigenvalue weighted by molar-refractivity contribution is 0.466. The number of nitrogens with zero attached hydrogens (tertiary/aromatic N) is 5. The summed E-state index contributed by atoms with van der Waals surface area (Å²) < 4.78 is 6.49. The third-order valence-corrected chi connectivity index (χ3v) is 6.08. The molecule has 0 spiro atoms. The number of anilines is 2. The van der Waals surface area contributed by atoms with Gasteiger partial charge in [0.25, 0.3) is 0 Å². The molecule has 2 aromatic carbocycles. The number of aromatic nitrogens is 4. The zero-order valence-corrected chi connectivity index (χ0v) is 19.5. The number of fused-ring (bicyclic) bond motifs is 2. The molecule has 0 aliphatic carbocycles. The van der Waals surface area contributed by atoms with Gasteiger partial charge in [-0.05, 0) is 55.0 Å². The Morgan fingerprint density at radius 1 is 0.886 bits per heavy atom. The highest BCUT2D eigenvalue weighted by Crippen LogP contribution is 2.41. The van der Waals surface area contributed by atoms with Crippen molar-refractivity contribution < 1.29 is 4.74 Å². The van der Waals surface area contributed by atoms with Crippen molar-refractivity contribution in [3.05, 3.63) is 89.6 Å². The molecule has 8 heteroatoms. The highest BCUT2D eigenvalue weighted by molar-refractivity contribution is 6.30. The van der Waals surface area contributed by atoms with E-state index in [1.165, 1.54) is 0 Å². The summed E-state index contributed by atoms with van der Waals surface area (Å²) in [4.78, 5) is 22.4. The Balaban J connectivity index is 1.43. The summed E-state index contributed by atoms with van der Waals surface area (Å²) in [5, 5.41) is 5.90. The van der Waals surface area contributed by atoms with Crippen LogP contribution in [0.5, 0.6) is 11.6 Å². The minimum atomic E-state index is 0.454. The number of aryl methyl sites for hydroxylation is 1. The molecular weight excluding hydrogens is 460 g/mol.